The van der Waals surface area contributed by atoms with E-state index in [0.29, 0.717) is 22.6 Å². The summed E-state index contributed by atoms with van der Waals surface area (Å²) < 4.78 is 3.12. The van der Waals surface area contributed by atoms with Crippen LogP contribution in [0, 0.1) is 10.1 Å². The van der Waals surface area contributed by atoms with Crippen LogP contribution in [0.3, 0.4) is 0 Å². The number of nitrogens with zero attached hydrogens (tertiary/aromatic N) is 4. The van der Waals surface area contributed by atoms with Gasteiger partial charge in [0, 0.05) is 37.3 Å². The molecule has 2 aromatic carbocycles. The number of hydrogen-bond acceptors (Lipinski definition) is 4. The molecule has 8 nitrogen and oxygen atoms in total. The van der Waals surface area contributed by atoms with Gasteiger partial charge in [0.1, 0.15) is 6.54 Å². The van der Waals surface area contributed by atoms with Gasteiger partial charge in [0.05, 0.1) is 16.0 Å². The second kappa shape index (κ2) is 8.48. The summed E-state index contributed by atoms with van der Waals surface area (Å²) in [6.07, 6.45) is 0.799. The third-order valence-electron chi connectivity index (χ3n) is 4.74. The zero-order valence-electron chi connectivity index (χ0n) is 16.2. The van der Waals surface area contributed by atoms with E-state index in [9.17, 15) is 19.7 Å². The summed E-state index contributed by atoms with van der Waals surface area (Å²) in [6.45, 7) is 2.53. The van der Waals surface area contributed by atoms with Crippen LogP contribution in [0.1, 0.15) is 18.9 Å². The fraction of sp³-hybridized carbons (Fsp3) is 0.300. The van der Waals surface area contributed by atoms with Crippen molar-refractivity contribution in [2.45, 2.75) is 33.0 Å². The van der Waals surface area contributed by atoms with E-state index < -0.39 is 4.92 Å². The number of carbonyl (C=O) groups excluding carboxylic acids is 1. The number of amides is 1. The molecule has 1 amide bonds. The largest absolute Gasteiger partial charge is 0.340 e. The maximum absolute atomic E-state index is 12.8. The normalized spacial score (nSPS) is 11.0. The predicted molar refractivity (Wildman–Crippen MR) is 111 cm³/mol. The molecule has 0 atom stereocenters. The quantitative estimate of drug-likeness (QED) is 0.436. The number of nitro benzene ring substituents is 1. The monoisotopic (exact) mass is 416 g/mol. The SMILES string of the molecule is CCCn1c(=O)n(CC(=O)N(C)Cc2cc([N+](=O)[O-])ccc2Cl)c2ccccc21. The summed E-state index contributed by atoms with van der Waals surface area (Å²) in [5.41, 5.74) is 1.63. The van der Waals surface area contributed by atoms with Crippen molar-refractivity contribution in [2.75, 3.05) is 7.05 Å². The van der Waals surface area contributed by atoms with Gasteiger partial charge < -0.3 is 4.90 Å². The van der Waals surface area contributed by atoms with Gasteiger partial charge in [0.25, 0.3) is 5.69 Å². The highest BCUT2D eigenvalue weighted by Gasteiger charge is 2.19. The van der Waals surface area contributed by atoms with Crippen molar-refractivity contribution in [1.29, 1.82) is 0 Å². The molecule has 29 heavy (non-hydrogen) atoms. The minimum absolute atomic E-state index is 0.0934. The number of aryl methyl sites for hydroxylation is 1. The number of carbonyl (C=O) groups is 1. The first-order chi connectivity index (χ1) is 13.8. The summed E-state index contributed by atoms with van der Waals surface area (Å²) in [5.74, 6) is -0.297. The highest BCUT2D eigenvalue weighted by atomic mass is 35.5. The van der Waals surface area contributed by atoms with Gasteiger partial charge in [-0.1, -0.05) is 30.7 Å². The Labute approximate surface area is 172 Å². The smallest absolute Gasteiger partial charge is 0.329 e. The molecule has 0 N–H and O–H groups in total. The van der Waals surface area contributed by atoms with Crippen molar-refractivity contribution < 1.29 is 9.72 Å². The Morgan fingerprint density at radius 3 is 2.45 bits per heavy atom. The molecule has 0 aliphatic carbocycles. The van der Waals surface area contributed by atoms with Gasteiger partial charge in [-0.15, -0.1) is 0 Å². The van der Waals surface area contributed by atoms with E-state index in [1.807, 2.05) is 31.2 Å². The van der Waals surface area contributed by atoms with Crippen LogP contribution in [0.4, 0.5) is 5.69 Å². The van der Waals surface area contributed by atoms with Crippen LogP contribution in [0.25, 0.3) is 11.0 Å². The van der Waals surface area contributed by atoms with Crippen molar-refractivity contribution >= 4 is 34.2 Å². The number of fused-ring (bicyclic) bond motifs is 1. The van der Waals surface area contributed by atoms with Gasteiger partial charge in [-0.2, -0.15) is 0 Å². The Kier molecular flexibility index (Phi) is 6.03. The first kappa shape index (κ1) is 20.6. The topological polar surface area (TPSA) is 90.4 Å². The maximum atomic E-state index is 12.8. The summed E-state index contributed by atoms with van der Waals surface area (Å²) in [7, 11) is 1.58. The summed E-state index contributed by atoms with van der Waals surface area (Å²) in [4.78, 5) is 37.5. The minimum atomic E-state index is -0.510. The standard InChI is InChI=1S/C20H21ClN4O4/c1-3-10-23-17-6-4-5-7-18(17)24(20(23)27)13-19(26)22(2)12-14-11-15(25(28)29)8-9-16(14)21/h4-9,11H,3,10,12-13H2,1-2H3. The van der Waals surface area contributed by atoms with E-state index >= 15 is 0 Å². The Morgan fingerprint density at radius 1 is 1.17 bits per heavy atom. The maximum Gasteiger partial charge on any atom is 0.329 e. The molecule has 3 rings (SSSR count). The molecular weight excluding hydrogens is 396 g/mol. The fourth-order valence-electron chi connectivity index (χ4n) is 3.26. The lowest BCUT2D eigenvalue weighted by Gasteiger charge is -2.18. The summed E-state index contributed by atoms with van der Waals surface area (Å²) >= 11 is 6.13. The zero-order valence-corrected chi connectivity index (χ0v) is 16.9. The first-order valence-electron chi connectivity index (χ1n) is 9.18. The van der Waals surface area contributed by atoms with Crippen molar-refractivity contribution in [2.24, 2.45) is 0 Å². The van der Waals surface area contributed by atoms with Gasteiger partial charge in [0.2, 0.25) is 5.91 Å². The molecule has 1 aromatic heterocycles. The van der Waals surface area contributed by atoms with Crippen LogP contribution in [0.15, 0.2) is 47.3 Å². The van der Waals surface area contributed by atoms with E-state index in [-0.39, 0.29) is 30.4 Å². The highest BCUT2D eigenvalue weighted by Crippen LogP contribution is 2.23. The lowest BCUT2D eigenvalue weighted by atomic mass is 10.2. The summed E-state index contributed by atoms with van der Waals surface area (Å²) in [6, 6.07) is 11.5. The number of benzene rings is 2. The number of imidazole rings is 1. The van der Waals surface area contributed by atoms with E-state index in [0.717, 1.165) is 11.9 Å². The number of likely N-dealkylation sites (N-methyl/N-ethyl adjacent to an activating group) is 1. The average molecular weight is 417 g/mol. The Bertz CT molecular complexity index is 1140. The first-order valence-corrected chi connectivity index (χ1v) is 9.56. The Hall–Kier alpha value is -3.13. The Balaban J connectivity index is 1.86. The Morgan fingerprint density at radius 2 is 1.83 bits per heavy atom. The van der Waals surface area contributed by atoms with Crippen LogP contribution in [0.2, 0.25) is 5.02 Å². The lowest BCUT2D eigenvalue weighted by molar-refractivity contribution is -0.384. The van der Waals surface area contributed by atoms with Crippen LogP contribution in [-0.4, -0.2) is 31.9 Å². The van der Waals surface area contributed by atoms with Crippen LogP contribution < -0.4 is 5.69 Å². The lowest BCUT2D eigenvalue weighted by Crippen LogP contribution is -2.34. The number of rotatable bonds is 7. The molecular formula is C20H21ClN4O4. The number of halogens is 1. The predicted octanol–water partition coefficient (Wildman–Crippen LogP) is 3.43. The zero-order chi connectivity index (χ0) is 21.1. The molecule has 9 heteroatoms. The minimum Gasteiger partial charge on any atom is -0.340 e. The van der Waals surface area contributed by atoms with Gasteiger partial charge >= 0.3 is 5.69 Å². The van der Waals surface area contributed by atoms with E-state index in [4.69, 9.17) is 11.6 Å². The summed E-state index contributed by atoms with van der Waals surface area (Å²) in [5, 5.41) is 11.3. The molecule has 152 valence electrons. The molecule has 0 spiro atoms. The molecule has 0 fully saturated rings. The van der Waals surface area contributed by atoms with Crippen LogP contribution in [0.5, 0.6) is 0 Å². The van der Waals surface area contributed by atoms with E-state index in [1.165, 1.54) is 27.7 Å². The molecule has 0 bridgehead atoms. The third-order valence-corrected chi connectivity index (χ3v) is 5.11. The van der Waals surface area contributed by atoms with E-state index in [1.54, 1.807) is 11.6 Å². The van der Waals surface area contributed by atoms with Crippen molar-refractivity contribution in [1.82, 2.24) is 14.0 Å². The molecule has 0 aliphatic heterocycles. The molecule has 0 aliphatic rings. The van der Waals surface area contributed by atoms with Crippen LogP contribution in [-0.2, 0) is 24.4 Å². The molecule has 1 heterocycles. The number of nitro groups is 1. The van der Waals surface area contributed by atoms with Gasteiger partial charge in [-0.3, -0.25) is 24.0 Å². The van der Waals surface area contributed by atoms with Crippen molar-refractivity contribution in [3.63, 3.8) is 0 Å². The van der Waals surface area contributed by atoms with Crippen molar-refractivity contribution in [3.8, 4) is 0 Å². The van der Waals surface area contributed by atoms with Gasteiger partial charge in [0.15, 0.2) is 0 Å². The van der Waals surface area contributed by atoms with E-state index in [2.05, 4.69) is 0 Å². The molecule has 0 saturated heterocycles. The average Bonchev–Trinajstić information content (AvgIpc) is 2.95. The highest BCUT2D eigenvalue weighted by molar-refractivity contribution is 6.31. The van der Waals surface area contributed by atoms with Crippen LogP contribution >= 0.6 is 11.6 Å². The molecule has 0 unspecified atom stereocenters. The number of non-ortho nitro benzene ring substituents is 1. The molecule has 3 aromatic rings. The number of hydrogen-bond donors (Lipinski definition) is 0. The number of para-hydroxylation sites is 2. The fourth-order valence-corrected chi connectivity index (χ4v) is 3.44. The number of aromatic nitrogens is 2. The van der Waals surface area contributed by atoms with Gasteiger partial charge in [-0.25, -0.2) is 4.79 Å². The second-order valence-electron chi connectivity index (χ2n) is 6.79. The molecule has 0 radical (unpaired) electrons. The van der Waals surface area contributed by atoms with Gasteiger partial charge in [-0.05, 0) is 30.2 Å². The second-order valence-corrected chi connectivity index (χ2v) is 7.20. The molecule has 0 saturated carbocycles. The third kappa shape index (κ3) is 4.17. The van der Waals surface area contributed by atoms with Crippen molar-refractivity contribution in [3.05, 3.63) is 73.6 Å².